The van der Waals surface area contributed by atoms with E-state index in [2.05, 4.69) is 34.3 Å². The molecule has 1 aromatic rings. The smallest absolute Gasteiger partial charge is 0.0359 e. The van der Waals surface area contributed by atoms with Gasteiger partial charge in [-0.3, -0.25) is 0 Å². The van der Waals surface area contributed by atoms with E-state index in [1.54, 1.807) is 0 Å². The van der Waals surface area contributed by atoms with E-state index >= 15 is 0 Å². The minimum Gasteiger partial charge on any atom is -0.364 e. The van der Waals surface area contributed by atoms with Crippen LogP contribution in [0.1, 0.15) is 31.9 Å². The Balaban J connectivity index is 1.65. The molecule has 0 bridgehead atoms. The molecule has 0 atom stereocenters. The number of likely N-dealkylation sites (tertiary alicyclic amines) is 1. The molecule has 1 aromatic heterocycles. The molecule has 3 nitrogen and oxygen atoms in total. The number of rotatable bonds is 5. The Kier molecular flexibility index (Phi) is 4.43. The summed E-state index contributed by atoms with van der Waals surface area (Å²) in [4.78, 5) is 5.81. The van der Waals surface area contributed by atoms with Gasteiger partial charge in [0.05, 0.1) is 0 Å². The van der Waals surface area contributed by atoms with E-state index in [0.29, 0.717) is 6.04 Å². The molecular formula is C13H23N3. The fourth-order valence-corrected chi connectivity index (χ4v) is 2.41. The van der Waals surface area contributed by atoms with Crippen molar-refractivity contribution in [1.29, 1.82) is 0 Å². The van der Waals surface area contributed by atoms with Gasteiger partial charge in [-0.1, -0.05) is 6.92 Å². The van der Waals surface area contributed by atoms with E-state index in [4.69, 9.17) is 0 Å². The molecule has 1 saturated heterocycles. The summed E-state index contributed by atoms with van der Waals surface area (Å²) in [5.74, 6) is 0. The normalized spacial score (nSPS) is 19.1. The van der Waals surface area contributed by atoms with Gasteiger partial charge in [-0.25, -0.2) is 0 Å². The topological polar surface area (TPSA) is 31.1 Å². The van der Waals surface area contributed by atoms with Gasteiger partial charge in [0.1, 0.15) is 0 Å². The van der Waals surface area contributed by atoms with Crippen LogP contribution < -0.4 is 5.32 Å². The fourth-order valence-electron chi connectivity index (χ4n) is 2.41. The molecule has 1 fully saturated rings. The van der Waals surface area contributed by atoms with Crippen molar-refractivity contribution >= 4 is 0 Å². The highest BCUT2D eigenvalue weighted by molar-refractivity contribution is 5.03. The number of nitrogens with one attached hydrogen (secondary N) is 2. The average molecular weight is 221 g/mol. The van der Waals surface area contributed by atoms with Crippen molar-refractivity contribution in [3.05, 3.63) is 24.0 Å². The monoisotopic (exact) mass is 221 g/mol. The third kappa shape index (κ3) is 3.35. The number of piperidine rings is 1. The van der Waals surface area contributed by atoms with E-state index in [1.165, 1.54) is 44.6 Å². The summed E-state index contributed by atoms with van der Waals surface area (Å²) in [6.45, 7) is 7.02. The predicted octanol–water partition coefficient (Wildman–Crippen LogP) is 1.98. The molecular weight excluding hydrogens is 198 g/mol. The van der Waals surface area contributed by atoms with Gasteiger partial charge in [-0.05, 0) is 51.0 Å². The summed E-state index contributed by atoms with van der Waals surface area (Å²) in [6.07, 6.45) is 5.85. The van der Waals surface area contributed by atoms with E-state index in [-0.39, 0.29) is 0 Å². The molecule has 1 aliphatic rings. The summed E-state index contributed by atoms with van der Waals surface area (Å²) in [6, 6.07) is 4.90. The average Bonchev–Trinajstić information content (AvgIpc) is 2.82. The second-order valence-corrected chi connectivity index (χ2v) is 4.69. The number of nitrogens with zero attached hydrogens (tertiary/aromatic N) is 1. The van der Waals surface area contributed by atoms with Crippen molar-refractivity contribution in [3.8, 4) is 0 Å². The number of aromatic amines is 1. The van der Waals surface area contributed by atoms with Gasteiger partial charge in [0.15, 0.2) is 0 Å². The quantitative estimate of drug-likeness (QED) is 0.796. The standard InChI is InChI=1S/C13H23N3/c1-2-8-16-9-5-12(6-10-16)15-11-13-4-3-7-14-13/h3-4,7,12,14-15H,2,5-6,8-11H2,1H3. The third-order valence-corrected chi connectivity index (χ3v) is 3.37. The lowest BCUT2D eigenvalue weighted by Gasteiger charge is -2.32. The Hall–Kier alpha value is -0.800. The van der Waals surface area contributed by atoms with Crippen molar-refractivity contribution in [2.75, 3.05) is 19.6 Å². The summed E-state index contributed by atoms with van der Waals surface area (Å²) in [7, 11) is 0. The zero-order valence-electron chi connectivity index (χ0n) is 10.2. The Bertz CT molecular complexity index is 273. The summed E-state index contributed by atoms with van der Waals surface area (Å²) < 4.78 is 0. The zero-order chi connectivity index (χ0) is 11.2. The minimum atomic E-state index is 0.705. The predicted molar refractivity (Wildman–Crippen MR) is 67.4 cm³/mol. The lowest BCUT2D eigenvalue weighted by molar-refractivity contribution is 0.197. The zero-order valence-corrected chi connectivity index (χ0v) is 10.2. The summed E-state index contributed by atoms with van der Waals surface area (Å²) in [5, 5.41) is 3.63. The summed E-state index contributed by atoms with van der Waals surface area (Å²) >= 11 is 0. The first-order valence-corrected chi connectivity index (χ1v) is 6.46. The lowest BCUT2D eigenvalue weighted by Crippen LogP contribution is -2.42. The SMILES string of the molecule is CCCN1CCC(NCc2ccc[nH]2)CC1. The van der Waals surface area contributed by atoms with Gasteiger partial charge in [0.25, 0.3) is 0 Å². The van der Waals surface area contributed by atoms with Gasteiger partial charge in [0.2, 0.25) is 0 Å². The van der Waals surface area contributed by atoms with Crippen molar-refractivity contribution < 1.29 is 0 Å². The Labute approximate surface area is 98.2 Å². The molecule has 2 N–H and O–H groups in total. The maximum absolute atomic E-state index is 3.63. The highest BCUT2D eigenvalue weighted by Crippen LogP contribution is 2.11. The molecule has 0 saturated carbocycles. The van der Waals surface area contributed by atoms with Crippen LogP contribution in [0.2, 0.25) is 0 Å². The second-order valence-electron chi connectivity index (χ2n) is 4.69. The van der Waals surface area contributed by atoms with E-state index in [9.17, 15) is 0 Å². The Morgan fingerprint density at radius 2 is 2.25 bits per heavy atom. The van der Waals surface area contributed by atoms with Crippen LogP contribution in [0.4, 0.5) is 0 Å². The van der Waals surface area contributed by atoms with Crippen molar-refractivity contribution in [1.82, 2.24) is 15.2 Å². The van der Waals surface area contributed by atoms with E-state index in [0.717, 1.165) is 6.54 Å². The number of hydrogen-bond donors (Lipinski definition) is 2. The van der Waals surface area contributed by atoms with Gasteiger partial charge in [-0.2, -0.15) is 0 Å². The number of aromatic nitrogens is 1. The first-order valence-electron chi connectivity index (χ1n) is 6.46. The van der Waals surface area contributed by atoms with Gasteiger partial charge < -0.3 is 15.2 Å². The Morgan fingerprint density at radius 3 is 2.88 bits per heavy atom. The second kappa shape index (κ2) is 6.06. The van der Waals surface area contributed by atoms with Gasteiger partial charge in [0, 0.05) is 24.5 Å². The van der Waals surface area contributed by atoms with E-state index < -0.39 is 0 Å². The molecule has 0 radical (unpaired) electrons. The maximum atomic E-state index is 3.63. The maximum Gasteiger partial charge on any atom is 0.0359 e. The van der Waals surface area contributed by atoms with Crippen molar-refractivity contribution in [2.24, 2.45) is 0 Å². The molecule has 0 aliphatic carbocycles. The molecule has 16 heavy (non-hydrogen) atoms. The molecule has 3 heteroatoms. The highest BCUT2D eigenvalue weighted by Gasteiger charge is 2.17. The first kappa shape index (κ1) is 11.7. The molecule has 1 aliphatic heterocycles. The van der Waals surface area contributed by atoms with Crippen LogP contribution in [-0.2, 0) is 6.54 Å². The van der Waals surface area contributed by atoms with Gasteiger partial charge >= 0.3 is 0 Å². The van der Waals surface area contributed by atoms with Crippen molar-refractivity contribution in [3.63, 3.8) is 0 Å². The lowest BCUT2D eigenvalue weighted by atomic mass is 10.0. The largest absolute Gasteiger partial charge is 0.364 e. The third-order valence-electron chi connectivity index (χ3n) is 3.37. The molecule has 0 aromatic carbocycles. The number of hydrogen-bond acceptors (Lipinski definition) is 2. The van der Waals surface area contributed by atoms with Crippen LogP contribution in [0, 0.1) is 0 Å². The molecule has 0 amide bonds. The van der Waals surface area contributed by atoms with Crippen LogP contribution in [0.3, 0.4) is 0 Å². The molecule has 0 spiro atoms. The van der Waals surface area contributed by atoms with Crippen LogP contribution in [0.5, 0.6) is 0 Å². The summed E-state index contributed by atoms with van der Waals surface area (Å²) in [5.41, 5.74) is 1.29. The minimum absolute atomic E-state index is 0.705. The number of H-pyrrole nitrogens is 1. The van der Waals surface area contributed by atoms with Crippen LogP contribution in [0.15, 0.2) is 18.3 Å². The molecule has 90 valence electrons. The van der Waals surface area contributed by atoms with Crippen LogP contribution >= 0.6 is 0 Å². The first-order chi connectivity index (χ1) is 7.88. The van der Waals surface area contributed by atoms with E-state index in [1.807, 2.05) is 6.20 Å². The van der Waals surface area contributed by atoms with Crippen molar-refractivity contribution in [2.45, 2.75) is 38.8 Å². The van der Waals surface area contributed by atoms with Crippen LogP contribution in [-0.4, -0.2) is 35.6 Å². The molecule has 0 unspecified atom stereocenters. The highest BCUT2D eigenvalue weighted by atomic mass is 15.1. The molecule has 2 heterocycles. The Morgan fingerprint density at radius 1 is 1.44 bits per heavy atom. The molecule has 2 rings (SSSR count). The van der Waals surface area contributed by atoms with Crippen LogP contribution in [0.25, 0.3) is 0 Å². The fraction of sp³-hybridized carbons (Fsp3) is 0.692. The van der Waals surface area contributed by atoms with Gasteiger partial charge in [-0.15, -0.1) is 0 Å².